The van der Waals surface area contributed by atoms with E-state index in [-0.39, 0.29) is 17.5 Å². The Hall–Kier alpha value is -0.610. The molecule has 0 aromatic rings. The summed E-state index contributed by atoms with van der Waals surface area (Å²) in [6.07, 6.45) is 0.743. The van der Waals surface area contributed by atoms with Crippen molar-refractivity contribution < 1.29 is 19.0 Å². The largest absolute Gasteiger partial charge is 0.467 e. The Morgan fingerprint density at radius 1 is 1.38 bits per heavy atom. The first-order chi connectivity index (χ1) is 7.30. The van der Waals surface area contributed by atoms with Gasteiger partial charge in [0.05, 0.1) is 19.3 Å². The average Bonchev–Trinajstić information content (AvgIpc) is 2.73. The quantitative estimate of drug-likeness (QED) is 0.531. The lowest BCUT2D eigenvalue weighted by Crippen LogP contribution is -2.40. The molecule has 0 aliphatic carbocycles. The standard InChI is InChI=1S/C12H20O4/c1-8(2)12(9(13)14-5)11(16-12)6-10(3,4)15-7-11/h8H,6-7H2,1-5H3. The molecule has 2 saturated heterocycles. The first-order valence-corrected chi connectivity index (χ1v) is 5.72. The highest BCUT2D eigenvalue weighted by atomic mass is 16.7. The minimum Gasteiger partial charge on any atom is -0.467 e. The maximum Gasteiger partial charge on any atom is 0.341 e. The highest BCUT2D eigenvalue weighted by Crippen LogP contribution is 2.60. The fourth-order valence-corrected chi connectivity index (χ4v) is 2.95. The molecule has 92 valence electrons. The van der Waals surface area contributed by atoms with Crippen molar-refractivity contribution in [3.8, 4) is 0 Å². The van der Waals surface area contributed by atoms with Gasteiger partial charge in [-0.15, -0.1) is 0 Å². The van der Waals surface area contributed by atoms with E-state index in [9.17, 15) is 4.79 Å². The second-order valence-corrected chi connectivity index (χ2v) is 5.70. The Morgan fingerprint density at radius 3 is 2.38 bits per heavy atom. The summed E-state index contributed by atoms with van der Waals surface area (Å²) in [5, 5.41) is 0. The van der Waals surface area contributed by atoms with E-state index in [0.29, 0.717) is 6.61 Å². The Balaban J connectivity index is 2.26. The number of ether oxygens (including phenoxy) is 3. The molecule has 0 radical (unpaired) electrons. The fraction of sp³-hybridized carbons (Fsp3) is 0.917. The van der Waals surface area contributed by atoms with E-state index in [2.05, 4.69) is 0 Å². The lowest BCUT2D eigenvalue weighted by molar-refractivity contribution is -0.148. The number of rotatable bonds is 2. The molecule has 0 N–H and O–H groups in total. The van der Waals surface area contributed by atoms with E-state index < -0.39 is 11.2 Å². The summed E-state index contributed by atoms with van der Waals surface area (Å²) in [7, 11) is 1.41. The van der Waals surface area contributed by atoms with Crippen molar-refractivity contribution in [2.24, 2.45) is 5.92 Å². The monoisotopic (exact) mass is 228 g/mol. The van der Waals surface area contributed by atoms with Crippen LogP contribution in [0.3, 0.4) is 0 Å². The molecule has 0 aromatic heterocycles. The highest BCUT2D eigenvalue weighted by molar-refractivity contribution is 5.85. The molecule has 0 bridgehead atoms. The van der Waals surface area contributed by atoms with Gasteiger partial charge >= 0.3 is 5.97 Å². The minimum absolute atomic E-state index is 0.0949. The number of methoxy groups -OCH3 is 1. The van der Waals surface area contributed by atoms with Gasteiger partial charge in [0.25, 0.3) is 0 Å². The zero-order chi connectivity index (χ0) is 12.2. The molecule has 16 heavy (non-hydrogen) atoms. The van der Waals surface area contributed by atoms with Gasteiger partial charge in [-0.05, 0) is 19.8 Å². The van der Waals surface area contributed by atoms with Crippen molar-refractivity contribution in [2.45, 2.75) is 50.9 Å². The third-order valence-corrected chi connectivity index (χ3v) is 3.70. The summed E-state index contributed by atoms with van der Waals surface area (Å²) in [5.41, 5.74) is -1.47. The van der Waals surface area contributed by atoms with Crippen molar-refractivity contribution in [1.82, 2.24) is 0 Å². The number of carbonyl (C=O) groups is 1. The normalized spacial score (nSPS) is 40.4. The predicted octanol–water partition coefficient (Wildman–Crippen LogP) is 1.52. The maximum absolute atomic E-state index is 11.9. The van der Waals surface area contributed by atoms with E-state index in [0.717, 1.165) is 6.42 Å². The molecule has 2 aliphatic rings. The summed E-state index contributed by atoms with van der Waals surface area (Å²) in [4.78, 5) is 11.9. The SMILES string of the molecule is COC(=O)C1(C(C)C)OC12COC(C)(C)C2. The molecule has 2 heterocycles. The van der Waals surface area contributed by atoms with Crippen molar-refractivity contribution in [3.05, 3.63) is 0 Å². The molecule has 1 spiro atoms. The Kier molecular flexibility index (Phi) is 2.37. The molecule has 2 fully saturated rings. The molecule has 2 aliphatic heterocycles. The Labute approximate surface area is 96.2 Å². The van der Waals surface area contributed by atoms with Gasteiger partial charge in [-0.1, -0.05) is 13.8 Å². The van der Waals surface area contributed by atoms with Crippen LogP contribution in [0.1, 0.15) is 34.1 Å². The van der Waals surface area contributed by atoms with Crippen LogP contribution in [-0.2, 0) is 19.0 Å². The van der Waals surface area contributed by atoms with E-state index in [1.807, 2.05) is 27.7 Å². The van der Waals surface area contributed by atoms with Gasteiger partial charge in [0.1, 0.15) is 5.60 Å². The summed E-state index contributed by atoms with van der Waals surface area (Å²) in [5.74, 6) is -0.179. The van der Waals surface area contributed by atoms with E-state index in [1.54, 1.807) is 0 Å². The van der Waals surface area contributed by atoms with Crippen LogP contribution in [0.4, 0.5) is 0 Å². The van der Waals surface area contributed by atoms with Gasteiger partial charge in [0.2, 0.25) is 0 Å². The van der Waals surface area contributed by atoms with Crippen LogP contribution in [0.5, 0.6) is 0 Å². The van der Waals surface area contributed by atoms with E-state index >= 15 is 0 Å². The second kappa shape index (κ2) is 3.20. The molecular weight excluding hydrogens is 208 g/mol. The summed E-state index contributed by atoms with van der Waals surface area (Å²) in [6.45, 7) is 8.48. The van der Waals surface area contributed by atoms with Crippen molar-refractivity contribution in [1.29, 1.82) is 0 Å². The molecule has 2 unspecified atom stereocenters. The molecule has 0 amide bonds. The summed E-state index contributed by atoms with van der Waals surface area (Å²) >= 11 is 0. The van der Waals surface area contributed by atoms with Crippen LogP contribution in [0, 0.1) is 5.92 Å². The zero-order valence-electron chi connectivity index (χ0n) is 10.6. The van der Waals surface area contributed by atoms with E-state index in [1.165, 1.54) is 7.11 Å². The predicted molar refractivity (Wildman–Crippen MR) is 58.0 cm³/mol. The molecule has 4 heteroatoms. The third kappa shape index (κ3) is 1.32. The molecule has 2 atom stereocenters. The molecular formula is C12H20O4. The smallest absolute Gasteiger partial charge is 0.341 e. The molecule has 0 saturated carbocycles. The van der Waals surface area contributed by atoms with Crippen molar-refractivity contribution in [2.75, 3.05) is 13.7 Å². The number of epoxide rings is 1. The van der Waals surface area contributed by atoms with Crippen molar-refractivity contribution >= 4 is 5.97 Å². The Morgan fingerprint density at radius 2 is 2.00 bits per heavy atom. The van der Waals surface area contributed by atoms with Gasteiger partial charge in [-0.3, -0.25) is 0 Å². The maximum atomic E-state index is 11.9. The van der Waals surface area contributed by atoms with Gasteiger partial charge in [-0.2, -0.15) is 0 Å². The minimum atomic E-state index is -0.796. The van der Waals surface area contributed by atoms with Crippen LogP contribution in [0.25, 0.3) is 0 Å². The first kappa shape index (κ1) is 11.9. The van der Waals surface area contributed by atoms with Crippen LogP contribution >= 0.6 is 0 Å². The number of carbonyl (C=O) groups excluding carboxylic acids is 1. The third-order valence-electron chi connectivity index (χ3n) is 3.70. The number of hydrogen-bond donors (Lipinski definition) is 0. The number of hydrogen-bond acceptors (Lipinski definition) is 4. The average molecular weight is 228 g/mol. The lowest BCUT2D eigenvalue weighted by atomic mass is 9.80. The first-order valence-electron chi connectivity index (χ1n) is 5.72. The molecule has 4 nitrogen and oxygen atoms in total. The molecule has 2 rings (SSSR count). The van der Waals surface area contributed by atoms with Crippen LogP contribution in [-0.4, -0.2) is 36.5 Å². The number of esters is 1. The topological polar surface area (TPSA) is 48.1 Å². The fourth-order valence-electron chi connectivity index (χ4n) is 2.95. The van der Waals surface area contributed by atoms with Gasteiger partial charge < -0.3 is 14.2 Å². The van der Waals surface area contributed by atoms with E-state index in [4.69, 9.17) is 14.2 Å². The Bertz CT molecular complexity index is 323. The zero-order valence-corrected chi connectivity index (χ0v) is 10.6. The van der Waals surface area contributed by atoms with Crippen LogP contribution < -0.4 is 0 Å². The van der Waals surface area contributed by atoms with Crippen LogP contribution in [0.15, 0.2) is 0 Å². The second-order valence-electron chi connectivity index (χ2n) is 5.70. The summed E-state index contributed by atoms with van der Waals surface area (Å²) < 4.78 is 16.4. The van der Waals surface area contributed by atoms with Crippen LogP contribution in [0.2, 0.25) is 0 Å². The van der Waals surface area contributed by atoms with Gasteiger partial charge in [0, 0.05) is 6.42 Å². The van der Waals surface area contributed by atoms with Crippen molar-refractivity contribution in [3.63, 3.8) is 0 Å². The lowest BCUT2D eigenvalue weighted by Gasteiger charge is -2.18. The van der Waals surface area contributed by atoms with Gasteiger partial charge in [-0.25, -0.2) is 4.79 Å². The summed E-state index contributed by atoms with van der Waals surface area (Å²) in [6, 6.07) is 0. The highest BCUT2D eigenvalue weighted by Gasteiger charge is 2.79. The molecule has 0 aromatic carbocycles. The van der Waals surface area contributed by atoms with Gasteiger partial charge in [0.15, 0.2) is 5.60 Å².